The number of benzene rings is 1. The Balaban J connectivity index is 1.98. The van der Waals surface area contributed by atoms with E-state index in [1.807, 2.05) is 11.8 Å². The van der Waals surface area contributed by atoms with Gasteiger partial charge in [0.25, 0.3) is 17.3 Å². The van der Waals surface area contributed by atoms with Gasteiger partial charge in [0.15, 0.2) is 0 Å². The predicted octanol–water partition coefficient (Wildman–Crippen LogP) is 3.69. The monoisotopic (exact) mass is 347 g/mol. The second-order valence-electron chi connectivity index (χ2n) is 7.00. The quantitative estimate of drug-likeness (QED) is 0.612. The van der Waals surface area contributed by atoms with Crippen molar-refractivity contribution in [2.75, 3.05) is 0 Å². The summed E-state index contributed by atoms with van der Waals surface area (Å²) in [5.74, 6) is 0.124. The van der Waals surface area contributed by atoms with Gasteiger partial charge in [-0.1, -0.05) is 12.8 Å². The highest BCUT2D eigenvalue weighted by atomic mass is 16.6. The highest BCUT2D eigenvalue weighted by Gasteiger charge is 2.40. The van der Waals surface area contributed by atoms with E-state index in [1.165, 1.54) is 6.42 Å². The summed E-state index contributed by atoms with van der Waals surface area (Å²) in [4.78, 5) is 35.7. The molecule has 3 atom stereocenters. The number of likely N-dealkylation sites (tertiary alicyclic amines) is 1. The highest BCUT2D eigenvalue weighted by Crippen LogP contribution is 2.39. The van der Waals surface area contributed by atoms with E-state index in [1.54, 1.807) is 0 Å². The van der Waals surface area contributed by atoms with Crippen molar-refractivity contribution in [3.8, 4) is 0 Å². The Morgan fingerprint density at radius 2 is 1.60 bits per heavy atom. The lowest BCUT2D eigenvalue weighted by Crippen LogP contribution is -2.53. The van der Waals surface area contributed by atoms with Gasteiger partial charge in [0.2, 0.25) is 0 Å². The third-order valence-corrected chi connectivity index (χ3v) is 5.46. The molecule has 1 heterocycles. The molecule has 0 spiro atoms. The minimum Gasteiger partial charge on any atom is -0.333 e. The zero-order chi connectivity index (χ0) is 18.1. The maximum Gasteiger partial charge on any atom is 0.277 e. The summed E-state index contributed by atoms with van der Waals surface area (Å²) in [7, 11) is 0. The van der Waals surface area contributed by atoms with Crippen LogP contribution < -0.4 is 0 Å². The van der Waals surface area contributed by atoms with Crippen molar-refractivity contribution in [2.45, 2.75) is 57.5 Å². The standard InChI is InChI=1S/C17H21N3O5/c1-11-6-7-12-4-2-3-5-16(12)18(11)17(21)13-8-14(19(22)23)10-15(9-13)20(24)25/h8-12,16H,2-7H2,1H3/t11-,12+,16-/m0/s1. The smallest absolute Gasteiger partial charge is 0.277 e. The number of hydrogen-bond acceptors (Lipinski definition) is 5. The van der Waals surface area contributed by atoms with E-state index in [-0.39, 0.29) is 23.6 Å². The Bertz CT molecular complexity index is 688. The molecule has 0 aromatic heterocycles. The second-order valence-corrected chi connectivity index (χ2v) is 7.00. The van der Waals surface area contributed by atoms with Crippen molar-refractivity contribution in [1.82, 2.24) is 4.90 Å². The molecule has 8 nitrogen and oxygen atoms in total. The summed E-state index contributed by atoms with van der Waals surface area (Å²) in [5, 5.41) is 22.2. The van der Waals surface area contributed by atoms with Crippen LogP contribution in [0.15, 0.2) is 18.2 Å². The van der Waals surface area contributed by atoms with E-state index in [0.29, 0.717) is 5.92 Å². The summed E-state index contributed by atoms with van der Waals surface area (Å²) in [6, 6.07) is 3.34. The van der Waals surface area contributed by atoms with Crippen LogP contribution in [0.4, 0.5) is 11.4 Å². The van der Waals surface area contributed by atoms with Gasteiger partial charge in [-0.15, -0.1) is 0 Å². The first kappa shape index (κ1) is 17.3. The fourth-order valence-electron chi connectivity index (χ4n) is 4.24. The van der Waals surface area contributed by atoms with Crippen LogP contribution in [0.1, 0.15) is 55.8 Å². The van der Waals surface area contributed by atoms with Gasteiger partial charge in [-0.25, -0.2) is 0 Å². The molecule has 134 valence electrons. The summed E-state index contributed by atoms with van der Waals surface area (Å²) >= 11 is 0. The zero-order valence-corrected chi connectivity index (χ0v) is 14.1. The van der Waals surface area contributed by atoms with Crippen LogP contribution in [-0.4, -0.2) is 32.7 Å². The minimum absolute atomic E-state index is 0.0268. The topological polar surface area (TPSA) is 107 Å². The zero-order valence-electron chi connectivity index (χ0n) is 14.1. The summed E-state index contributed by atoms with van der Waals surface area (Å²) in [6.45, 7) is 1.98. The lowest BCUT2D eigenvalue weighted by atomic mass is 9.76. The van der Waals surface area contributed by atoms with E-state index in [0.717, 1.165) is 50.3 Å². The average molecular weight is 347 g/mol. The van der Waals surface area contributed by atoms with Crippen LogP contribution in [0.25, 0.3) is 0 Å². The van der Waals surface area contributed by atoms with Crippen LogP contribution in [0, 0.1) is 26.1 Å². The van der Waals surface area contributed by atoms with Crippen molar-refractivity contribution >= 4 is 17.3 Å². The highest BCUT2D eigenvalue weighted by molar-refractivity contribution is 5.96. The molecule has 25 heavy (non-hydrogen) atoms. The van der Waals surface area contributed by atoms with Gasteiger partial charge < -0.3 is 4.90 Å². The van der Waals surface area contributed by atoms with Crippen molar-refractivity contribution in [2.24, 2.45) is 5.92 Å². The number of amides is 1. The number of nitro benzene ring substituents is 2. The molecule has 1 aliphatic heterocycles. The first-order valence-corrected chi connectivity index (χ1v) is 8.65. The number of fused-ring (bicyclic) bond motifs is 1. The molecule has 0 radical (unpaired) electrons. The van der Waals surface area contributed by atoms with Crippen LogP contribution >= 0.6 is 0 Å². The maximum atomic E-state index is 13.1. The van der Waals surface area contributed by atoms with Gasteiger partial charge in [0, 0.05) is 24.2 Å². The van der Waals surface area contributed by atoms with Crippen molar-refractivity contribution < 1.29 is 14.6 Å². The van der Waals surface area contributed by atoms with Crippen LogP contribution in [0.5, 0.6) is 0 Å². The summed E-state index contributed by atoms with van der Waals surface area (Å²) in [6.07, 6.45) is 6.23. The summed E-state index contributed by atoms with van der Waals surface area (Å²) in [5.41, 5.74) is -0.830. The minimum atomic E-state index is -0.702. The number of carbonyl (C=O) groups excluding carboxylic acids is 1. The molecule has 1 saturated heterocycles. The molecule has 1 amide bonds. The van der Waals surface area contributed by atoms with E-state index in [4.69, 9.17) is 0 Å². The molecule has 2 fully saturated rings. The number of piperidine rings is 1. The number of carbonyl (C=O) groups is 1. The Morgan fingerprint density at radius 3 is 2.20 bits per heavy atom. The molecule has 3 rings (SSSR count). The average Bonchev–Trinajstić information content (AvgIpc) is 2.60. The second kappa shape index (κ2) is 6.78. The summed E-state index contributed by atoms with van der Waals surface area (Å²) < 4.78 is 0. The maximum absolute atomic E-state index is 13.1. The van der Waals surface area contributed by atoms with Crippen molar-refractivity contribution in [3.05, 3.63) is 44.0 Å². The van der Waals surface area contributed by atoms with E-state index < -0.39 is 21.2 Å². The molecule has 8 heteroatoms. The van der Waals surface area contributed by atoms with Crippen LogP contribution in [0.2, 0.25) is 0 Å². The molecular weight excluding hydrogens is 326 g/mol. The van der Waals surface area contributed by atoms with Crippen molar-refractivity contribution in [3.63, 3.8) is 0 Å². The lowest BCUT2D eigenvalue weighted by molar-refractivity contribution is -0.394. The fraction of sp³-hybridized carbons (Fsp3) is 0.588. The fourth-order valence-corrected chi connectivity index (χ4v) is 4.24. The Hall–Kier alpha value is -2.51. The van der Waals surface area contributed by atoms with Crippen LogP contribution in [0.3, 0.4) is 0 Å². The molecule has 0 unspecified atom stereocenters. The van der Waals surface area contributed by atoms with Gasteiger partial charge in [-0.3, -0.25) is 25.0 Å². The predicted molar refractivity (Wildman–Crippen MR) is 90.4 cm³/mol. The number of rotatable bonds is 3. The van der Waals surface area contributed by atoms with Gasteiger partial charge >= 0.3 is 0 Å². The van der Waals surface area contributed by atoms with Gasteiger partial charge in [-0.2, -0.15) is 0 Å². The Kier molecular flexibility index (Phi) is 4.69. The number of hydrogen-bond donors (Lipinski definition) is 0. The number of nitrogens with zero attached hydrogens (tertiary/aromatic N) is 3. The lowest BCUT2D eigenvalue weighted by Gasteiger charge is -2.47. The Labute approximate surface area is 145 Å². The van der Waals surface area contributed by atoms with Crippen molar-refractivity contribution in [1.29, 1.82) is 0 Å². The number of nitro groups is 2. The van der Waals surface area contributed by atoms with E-state index in [2.05, 4.69) is 0 Å². The first-order valence-electron chi connectivity index (χ1n) is 8.65. The Morgan fingerprint density at radius 1 is 1.00 bits per heavy atom. The van der Waals surface area contributed by atoms with Gasteiger partial charge in [0.1, 0.15) is 0 Å². The third kappa shape index (κ3) is 3.33. The molecule has 0 bridgehead atoms. The molecule has 1 aliphatic carbocycles. The molecular formula is C17H21N3O5. The SMILES string of the molecule is C[C@H]1CC[C@H]2CCCC[C@@H]2N1C(=O)c1cc([N+](=O)[O-])cc([N+](=O)[O-])c1. The van der Waals surface area contributed by atoms with Crippen LogP contribution in [-0.2, 0) is 0 Å². The number of non-ortho nitro benzene ring substituents is 2. The first-order chi connectivity index (χ1) is 11.9. The normalized spacial score (nSPS) is 26.0. The van der Waals surface area contributed by atoms with Gasteiger partial charge in [0.05, 0.1) is 21.5 Å². The van der Waals surface area contributed by atoms with E-state index in [9.17, 15) is 25.0 Å². The molecule has 2 aliphatic rings. The van der Waals surface area contributed by atoms with Gasteiger partial charge in [-0.05, 0) is 38.5 Å². The molecule has 1 aromatic rings. The molecule has 1 saturated carbocycles. The molecule has 0 N–H and O–H groups in total. The molecule has 1 aromatic carbocycles. The largest absolute Gasteiger partial charge is 0.333 e. The van der Waals surface area contributed by atoms with E-state index >= 15 is 0 Å². The third-order valence-electron chi connectivity index (χ3n) is 5.46.